The first-order chi connectivity index (χ1) is 13.4. The number of rotatable bonds is 4. The molecule has 1 saturated carbocycles. The summed E-state index contributed by atoms with van der Waals surface area (Å²) in [4.78, 5) is 25.7. The van der Waals surface area contributed by atoms with E-state index in [1.54, 1.807) is 0 Å². The van der Waals surface area contributed by atoms with E-state index in [0.29, 0.717) is 29.2 Å². The Morgan fingerprint density at radius 2 is 2.00 bits per heavy atom. The van der Waals surface area contributed by atoms with Crippen molar-refractivity contribution in [2.75, 3.05) is 24.5 Å². The van der Waals surface area contributed by atoms with Crippen molar-refractivity contribution >= 4 is 17.4 Å². The first-order valence-electron chi connectivity index (χ1n) is 9.64. The molecule has 8 heteroatoms. The van der Waals surface area contributed by atoms with Gasteiger partial charge in [0.1, 0.15) is 0 Å². The second kappa shape index (κ2) is 7.09. The molecule has 2 aromatic heterocycles. The molecule has 0 spiro atoms. The van der Waals surface area contributed by atoms with Gasteiger partial charge in [0.25, 0.3) is 5.56 Å². The quantitative estimate of drug-likeness (QED) is 0.781. The largest absolute Gasteiger partial charge is 0.511 e. The Morgan fingerprint density at radius 3 is 2.57 bits per heavy atom. The zero-order chi connectivity index (χ0) is 20.0. The van der Waals surface area contributed by atoms with Crippen LogP contribution in [0.25, 0.3) is 5.52 Å². The SMILES string of the molecule is Cc1c(N2CCC(CN)CC2)c(F)cn2c(=O)c(OC(=O)O)cc(C3CC3)c12. The van der Waals surface area contributed by atoms with Gasteiger partial charge in [0, 0.05) is 13.1 Å². The number of hydrogen-bond acceptors (Lipinski definition) is 5. The average Bonchev–Trinajstić information content (AvgIpc) is 3.49. The molecule has 2 fully saturated rings. The molecule has 3 N–H and O–H groups in total. The number of hydrogen-bond donors (Lipinski definition) is 2. The summed E-state index contributed by atoms with van der Waals surface area (Å²) in [6, 6.07) is 1.51. The van der Waals surface area contributed by atoms with Crippen LogP contribution in [0.2, 0.25) is 0 Å². The number of pyridine rings is 2. The number of aryl methyl sites for hydroxylation is 1. The van der Waals surface area contributed by atoms with Crippen molar-refractivity contribution in [2.45, 2.75) is 38.5 Å². The number of carbonyl (C=O) groups is 1. The molecule has 3 heterocycles. The minimum atomic E-state index is -1.56. The lowest BCUT2D eigenvalue weighted by molar-refractivity contribution is 0.143. The highest BCUT2D eigenvalue weighted by Gasteiger charge is 2.31. The Morgan fingerprint density at radius 1 is 1.32 bits per heavy atom. The van der Waals surface area contributed by atoms with E-state index in [2.05, 4.69) is 4.74 Å². The predicted molar refractivity (Wildman–Crippen MR) is 103 cm³/mol. The molecule has 0 unspecified atom stereocenters. The number of halogens is 1. The summed E-state index contributed by atoms with van der Waals surface area (Å²) in [6.45, 7) is 3.91. The summed E-state index contributed by atoms with van der Waals surface area (Å²) >= 11 is 0. The Bertz CT molecular complexity index is 991. The second-order valence-corrected chi connectivity index (χ2v) is 7.75. The number of fused-ring (bicyclic) bond motifs is 1. The molecule has 7 nitrogen and oxygen atoms in total. The van der Waals surface area contributed by atoms with Crippen molar-refractivity contribution in [2.24, 2.45) is 11.7 Å². The third kappa shape index (κ3) is 3.22. The number of nitrogens with zero attached hydrogens (tertiary/aromatic N) is 2. The molecule has 1 saturated heterocycles. The highest BCUT2D eigenvalue weighted by molar-refractivity contribution is 5.74. The van der Waals surface area contributed by atoms with Crippen LogP contribution in [0.15, 0.2) is 17.1 Å². The van der Waals surface area contributed by atoms with Crippen LogP contribution in [0.3, 0.4) is 0 Å². The van der Waals surface area contributed by atoms with Gasteiger partial charge in [-0.05, 0) is 68.2 Å². The lowest BCUT2D eigenvalue weighted by atomic mass is 9.95. The van der Waals surface area contributed by atoms with E-state index in [4.69, 9.17) is 10.8 Å². The number of ether oxygens (including phenoxy) is 1. The summed E-state index contributed by atoms with van der Waals surface area (Å²) in [5.41, 5.74) is 7.81. The Hall–Kier alpha value is -2.61. The summed E-state index contributed by atoms with van der Waals surface area (Å²) in [7, 11) is 0. The number of carboxylic acid groups (broad SMARTS) is 1. The van der Waals surface area contributed by atoms with Crippen molar-refractivity contribution in [1.29, 1.82) is 0 Å². The van der Waals surface area contributed by atoms with E-state index < -0.39 is 17.5 Å². The van der Waals surface area contributed by atoms with E-state index in [9.17, 15) is 9.59 Å². The van der Waals surface area contributed by atoms with E-state index in [0.717, 1.165) is 50.5 Å². The van der Waals surface area contributed by atoms with E-state index in [1.807, 2.05) is 11.8 Å². The normalized spacial score (nSPS) is 17.9. The molecule has 28 heavy (non-hydrogen) atoms. The molecule has 0 aromatic carbocycles. The molecule has 0 radical (unpaired) electrons. The van der Waals surface area contributed by atoms with Crippen molar-refractivity contribution in [1.82, 2.24) is 4.40 Å². The molecule has 2 aliphatic rings. The second-order valence-electron chi connectivity index (χ2n) is 7.75. The molecular formula is C20H24FN3O4. The van der Waals surface area contributed by atoms with Crippen LogP contribution >= 0.6 is 0 Å². The van der Waals surface area contributed by atoms with Gasteiger partial charge in [-0.2, -0.15) is 0 Å². The first kappa shape index (κ1) is 18.7. The van der Waals surface area contributed by atoms with Gasteiger partial charge in [0.15, 0.2) is 11.6 Å². The Labute approximate surface area is 161 Å². The van der Waals surface area contributed by atoms with Crippen molar-refractivity contribution in [3.8, 4) is 5.75 Å². The van der Waals surface area contributed by atoms with Crippen LogP contribution in [0.5, 0.6) is 5.75 Å². The van der Waals surface area contributed by atoms with Crippen LogP contribution in [0, 0.1) is 18.7 Å². The average molecular weight is 389 g/mol. The van der Waals surface area contributed by atoms with Crippen molar-refractivity contribution < 1.29 is 19.0 Å². The number of anilines is 1. The highest BCUT2D eigenvalue weighted by Crippen LogP contribution is 2.44. The molecule has 1 aliphatic heterocycles. The fourth-order valence-electron chi connectivity index (χ4n) is 4.27. The standard InChI is InChI=1S/C20H24FN3O4/c1-11-17-14(13-2-3-13)8-16(28-20(26)27)19(25)24(17)10-15(21)18(11)23-6-4-12(9-22)5-7-23/h8,10,12-13H,2-7,9,22H2,1H3,(H,26,27). The van der Waals surface area contributed by atoms with Crippen molar-refractivity contribution in [3.05, 3.63) is 39.6 Å². The fourth-order valence-corrected chi connectivity index (χ4v) is 4.27. The maximum atomic E-state index is 15.1. The molecule has 0 bridgehead atoms. The summed E-state index contributed by atoms with van der Waals surface area (Å²) in [6.07, 6.45) is 3.33. The van der Waals surface area contributed by atoms with Crippen molar-refractivity contribution in [3.63, 3.8) is 0 Å². The zero-order valence-electron chi connectivity index (χ0n) is 15.8. The minimum Gasteiger partial charge on any atom is -0.449 e. The molecule has 0 atom stereocenters. The summed E-state index contributed by atoms with van der Waals surface area (Å²) < 4.78 is 20.9. The van der Waals surface area contributed by atoms with Crippen LogP contribution in [0.4, 0.5) is 14.9 Å². The summed E-state index contributed by atoms with van der Waals surface area (Å²) in [5, 5.41) is 8.91. The lowest BCUT2D eigenvalue weighted by Gasteiger charge is -2.34. The van der Waals surface area contributed by atoms with Crippen LogP contribution in [-0.4, -0.2) is 35.3 Å². The molecule has 1 aliphatic carbocycles. The van der Waals surface area contributed by atoms with Gasteiger partial charge < -0.3 is 20.5 Å². The third-order valence-corrected chi connectivity index (χ3v) is 5.89. The minimum absolute atomic E-state index is 0.228. The fraction of sp³-hybridized carbons (Fsp3) is 0.500. The number of piperidine rings is 1. The monoisotopic (exact) mass is 389 g/mol. The maximum absolute atomic E-state index is 15.1. The topological polar surface area (TPSA) is 97.3 Å². The Balaban J connectivity index is 1.87. The first-order valence-corrected chi connectivity index (χ1v) is 9.64. The van der Waals surface area contributed by atoms with Gasteiger partial charge >= 0.3 is 6.16 Å². The van der Waals surface area contributed by atoms with Gasteiger partial charge in [-0.15, -0.1) is 0 Å². The van der Waals surface area contributed by atoms with Crippen LogP contribution in [0.1, 0.15) is 42.7 Å². The predicted octanol–water partition coefficient (Wildman–Crippen LogP) is 2.86. The smallest absolute Gasteiger partial charge is 0.449 e. The Kier molecular flexibility index (Phi) is 4.74. The van der Waals surface area contributed by atoms with Crippen LogP contribution in [-0.2, 0) is 0 Å². The van der Waals surface area contributed by atoms with E-state index >= 15 is 4.39 Å². The molecule has 150 valence electrons. The van der Waals surface area contributed by atoms with E-state index in [-0.39, 0.29) is 11.7 Å². The molecule has 2 aromatic rings. The number of aromatic nitrogens is 1. The maximum Gasteiger partial charge on any atom is 0.511 e. The lowest BCUT2D eigenvalue weighted by Crippen LogP contribution is -2.37. The van der Waals surface area contributed by atoms with Crippen LogP contribution < -0.4 is 20.9 Å². The van der Waals surface area contributed by atoms with Gasteiger partial charge in [0.2, 0.25) is 0 Å². The molecule has 4 rings (SSSR count). The third-order valence-electron chi connectivity index (χ3n) is 5.89. The molecule has 0 amide bonds. The number of nitrogens with two attached hydrogens (primary N) is 1. The van der Waals surface area contributed by atoms with Gasteiger partial charge in [0.05, 0.1) is 17.4 Å². The molecular weight excluding hydrogens is 365 g/mol. The highest BCUT2D eigenvalue weighted by atomic mass is 19.1. The zero-order valence-corrected chi connectivity index (χ0v) is 15.8. The van der Waals surface area contributed by atoms with E-state index in [1.165, 1.54) is 10.5 Å². The van der Waals surface area contributed by atoms with Gasteiger partial charge in [-0.25, -0.2) is 9.18 Å². The van der Waals surface area contributed by atoms with Gasteiger partial charge in [-0.1, -0.05) is 0 Å². The van der Waals surface area contributed by atoms with Gasteiger partial charge in [-0.3, -0.25) is 9.20 Å². The summed E-state index contributed by atoms with van der Waals surface area (Å²) in [5.74, 6) is -0.0955.